The van der Waals surface area contributed by atoms with E-state index in [-0.39, 0.29) is 17.8 Å². The number of carbonyl (C=O) groups excluding carboxylic acids is 1. The summed E-state index contributed by atoms with van der Waals surface area (Å²) in [7, 11) is 0. The van der Waals surface area contributed by atoms with Crippen molar-refractivity contribution in [2.45, 2.75) is 45.6 Å². The molecule has 0 saturated carbocycles. The highest BCUT2D eigenvalue weighted by molar-refractivity contribution is 5.81. The van der Waals surface area contributed by atoms with Crippen LogP contribution in [-0.2, 0) is 22.6 Å². The fourth-order valence-electron chi connectivity index (χ4n) is 4.39. The molecule has 9 heteroatoms. The molecule has 4 aromatic rings. The molecule has 1 saturated heterocycles. The van der Waals surface area contributed by atoms with E-state index in [2.05, 4.69) is 5.10 Å². The Morgan fingerprint density at radius 3 is 2.68 bits per heavy atom. The van der Waals surface area contributed by atoms with E-state index in [4.69, 9.17) is 14.2 Å². The first-order chi connectivity index (χ1) is 18.2. The minimum atomic E-state index is -0.543. The number of amides is 1. The Balaban J connectivity index is 1.26. The zero-order valence-electron chi connectivity index (χ0n) is 21.9. The average molecular weight is 517 g/mol. The third kappa shape index (κ3) is 6.06. The van der Waals surface area contributed by atoms with Gasteiger partial charge in [0.15, 0.2) is 0 Å². The van der Waals surface area contributed by atoms with E-state index in [0.717, 1.165) is 22.2 Å². The highest BCUT2D eigenvalue weighted by atomic mass is 16.6. The van der Waals surface area contributed by atoms with Crippen molar-refractivity contribution in [3.8, 4) is 11.4 Å². The van der Waals surface area contributed by atoms with Crippen LogP contribution in [0.2, 0.25) is 0 Å². The van der Waals surface area contributed by atoms with E-state index in [1.54, 1.807) is 27.9 Å². The number of fused-ring (bicyclic) bond motifs is 1. The van der Waals surface area contributed by atoms with Gasteiger partial charge in [0.1, 0.15) is 18.0 Å². The van der Waals surface area contributed by atoms with Crippen LogP contribution in [0.5, 0.6) is 5.75 Å². The molecule has 0 radical (unpaired) electrons. The molecule has 0 aliphatic carbocycles. The SMILES string of the molecule is CC(C)(C)OC(=O)N1CCOC(Cn2ncc3cc(-n4ccc(OCc5ccccc5)cc4=O)ccc32)C1. The van der Waals surface area contributed by atoms with Gasteiger partial charge in [-0.15, -0.1) is 0 Å². The first-order valence-electron chi connectivity index (χ1n) is 12.7. The number of ether oxygens (including phenoxy) is 3. The summed E-state index contributed by atoms with van der Waals surface area (Å²) >= 11 is 0. The van der Waals surface area contributed by atoms with Crippen LogP contribution >= 0.6 is 0 Å². The molecule has 38 heavy (non-hydrogen) atoms. The maximum Gasteiger partial charge on any atom is 0.410 e. The normalized spacial score (nSPS) is 16.0. The first kappa shape index (κ1) is 25.5. The number of hydrogen-bond donors (Lipinski definition) is 0. The standard InChI is InChI=1S/C29H32N4O5/c1-29(2,3)38-28(35)31-13-14-36-25(18-31)19-33-26-10-9-23(15-22(26)17-30-33)32-12-11-24(16-27(32)34)37-20-21-7-5-4-6-8-21/h4-12,15-17,25H,13-14,18-20H2,1-3H3. The Morgan fingerprint density at radius 1 is 1.11 bits per heavy atom. The van der Waals surface area contributed by atoms with Crippen LogP contribution in [0.4, 0.5) is 4.79 Å². The van der Waals surface area contributed by atoms with Gasteiger partial charge in [-0.3, -0.25) is 14.0 Å². The highest BCUT2D eigenvalue weighted by Crippen LogP contribution is 2.21. The summed E-state index contributed by atoms with van der Waals surface area (Å²) < 4.78 is 20.7. The number of hydrogen-bond acceptors (Lipinski definition) is 6. The number of carbonyl (C=O) groups is 1. The number of nitrogens with zero attached hydrogens (tertiary/aromatic N) is 4. The molecule has 9 nitrogen and oxygen atoms in total. The molecular weight excluding hydrogens is 484 g/mol. The molecule has 1 fully saturated rings. The summed E-state index contributed by atoms with van der Waals surface area (Å²) in [4.78, 5) is 27.0. The second kappa shape index (κ2) is 10.7. The van der Waals surface area contributed by atoms with Gasteiger partial charge in [0.25, 0.3) is 5.56 Å². The fourth-order valence-corrected chi connectivity index (χ4v) is 4.39. The van der Waals surface area contributed by atoms with Crippen molar-refractivity contribution in [1.29, 1.82) is 0 Å². The van der Waals surface area contributed by atoms with Gasteiger partial charge in [0, 0.05) is 29.9 Å². The third-order valence-corrected chi connectivity index (χ3v) is 6.21. The molecule has 2 aromatic heterocycles. The van der Waals surface area contributed by atoms with Gasteiger partial charge in [-0.05, 0) is 50.6 Å². The first-order valence-corrected chi connectivity index (χ1v) is 12.7. The quantitative estimate of drug-likeness (QED) is 0.378. The molecule has 5 rings (SSSR count). The number of aromatic nitrogens is 3. The van der Waals surface area contributed by atoms with E-state index in [9.17, 15) is 9.59 Å². The summed E-state index contributed by atoms with van der Waals surface area (Å²) in [6, 6.07) is 18.9. The molecule has 1 unspecified atom stereocenters. The summed E-state index contributed by atoms with van der Waals surface area (Å²) in [5.41, 5.74) is 1.97. The van der Waals surface area contributed by atoms with Crippen molar-refractivity contribution in [3.05, 3.63) is 89.0 Å². The second-order valence-electron chi connectivity index (χ2n) is 10.3. The van der Waals surface area contributed by atoms with Crippen LogP contribution < -0.4 is 10.3 Å². The average Bonchev–Trinajstić information content (AvgIpc) is 3.29. The Kier molecular flexibility index (Phi) is 7.20. The largest absolute Gasteiger partial charge is 0.489 e. The zero-order chi connectivity index (χ0) is 26.7. The van der Waals surface area contributed by atoms with Crippen LogP contribution in [0.25, 0.3) is 16.6 Å². The lowest BCUT2D eigenvalue weighted by atomic mass is 10.2. The topological polar surface area (TPSA) is 87.8 Å². The maximum atomic E-state index is 12.8. The zero-order valence-corrected chi connectivity index (χ0v) is 21.9. The van der Waals surface area contributed by atoms with Crippen LogP contribution in [0, 0.1) is 0 Å². The van der Waals surface area contributed by atoms with E-state index in [0.29, 0.717) is 38.6 Å². The van der Waals surface area contributed by atoms with Crippen LogP contribution in [-0.4, -0.2) is 56.7 Å². The second-order valence-corrected chi connectivity index (χ2v) is 10.3. The summed E-state index contributed by atoms with van der Waals surface area (Å²) in [5, 5.41) is 5.44. The summed E-state index contributed by atoms with van der Waals surface area (Å²) in [6.45, 7) is 7.84. The lowest BCUT2D eigenvalue weighted by molar-refractivity contribution is -0.0479. The van der Waals surface area contributed by atoms with E-state index in [1.165, 1.54) is 6.07 Å². The van der Waals surface area contributed by atoms with E-state index in [1.807, 2.05) is 74.0 Å². The van der Waals surface area contributed by atoms with E-state index < -0.39 is 5.60 Å². The minimum absolute atomic E-state index is 0.180. The highest BCUT2D eigenvalue weighted by Gasteiger charge is 2.28. The molecule has 2 aromatic carbocycles. The molecule has 198 valence electrons. The Bertz CT molecular complexity index is 1470. The van der Waals surface area contributed by atoms with Crippen molar-refractivity contribution in [1.82, 2.24) is 19.2 Å². The molecule has 3 heterocycles. The van der Waals surface area contributed by atoms with Crippen molar-refractivity contribution in [2.75, 3.05) is 19.7 Å². The monoisotopic (exact) mass is 516 g/mol. The smallest absolute Gasteiger partial charge is 0.410 e. The molecule has 1 amide bonds. The number of morpholine rings is 1. The lowest BCUT2D eigenvalue weighted by Crippen LogP contribution is -2.48. The number of benzene rings is 2. The van der Waals surface area contributed by atoms with Crippen molar-refractivity contribution in [2.24, 2.45) is 0 Å². The summed E-state index contributed by atoms with van der Waals surface area (Å²) in [5.74, 6) is 0.525. The predicted molar refractivity (Wildman–Crippen MR) is 144 cm³/mol. The molecule has 0 N–H and O–H groups in total. The fraction of sp³-hybridized carbons (Fsp3) is 0.345. The third-order valence-electron chi connectivity index (χ3n) is 6.21. The van der Waals surface area contributed by atoms with Crippen LogP contribution in [0.1, 0.15) is 26.3 Å². The van der Waals surface area contributed by atoms with Gasteiger partial charge in [0.05, 0.1) is 37.5 Å². The molecule has 1 aliphatic heterocycles. The van der Waals surface area contributed by atoms with Gasteiger partial charge >= 0.3 is 6.09 Å². The van der Waals surface area contributed by atoms with Crippen molar-refractivity contribution in [3.63, 3.8) is 0 Å². The molecule has 1 atom stereocenters. The molecular formula is C29H32N4O5. The van der Waals surface area contributed by atoms with Gasteiger partial charge in [0.2, 0.25) is 0 Å². The Morgan fingerprint density at radius 2 is 1.92 bits per heavy atom. The lowest BCUT2D eigenvalue weighted by Gasteiger charge is -2.34. The van der Waals surface area contributed by atoms with E-state index >= 15 is 0 Å². The van der Waals surface area contributed by atoms with Crippen LogP contribution in [0.15, 0.2) is 77.9 Å². The predicted octanol–water partition coefficient (Wildman–Crippen LogP) is 4.40. The molecule has 0 bridgehead atoms. The molecule has 1 aliphatic rings. The van der Waals surface area contributed by atoms with Gasteiger partial charge in [-0.2, -0.15) is 5.10 Å². The summed E-state index contributed by atoms with van der Waals surface area (Å²) in [6.07, 6.45) is 2.96. The maximum absolute atomic E-state index is 12.8. The number of rotatable bonds is 6. The van der Waals surface area contributed by atoms with Crippen molar-refractivity contribution >= 4 is 17.0 Å². The minimum Gasteiger partial charge on any atom is -0.489 e. The Labute approximate surface area is 221 Å². The van der Waals surface area contributed by atoms with Crippen molar-refractivity contribution < 1.29 is 19.0 Å². The van der Waals surface area contributed by atoms with Crippen LogP contribution in [0.3, 0.4) is 0 Å². The van der Waals surface area contributed by atoms with Gasteiger partial charge in [-0.25, -0.2) is 4.79 Å². The van der Waals surface area contributed by atoms with Gasteiger partial charge < -0.3 is 19.1 Å². The molecule has 0 spiro atoms. The number of pyridine rings is 1. The van der Waals surface area contributed by atoms with Gasteiger partial charge in [-0.1, -0.05) is 30.3 Å². The Hall–Kier alpha value is -4.11.